The number of fused-ring (bicyclic) bond motifs is 1. The summed E-state index contributed by atoms with van der Waals surface area (Å²) in [7, 11) is 0. The van der Waals surface area contributed by atoms with E-state index in [0.29, 0.717) is 0 Å². The Balaban J connectivity index is 1.61. The van der Waals surface area contributed by atoms with Gasteiger partial charge in [0.1, 0.15) is 11.8 Å². The second-order valence-corrected chi connectivity index (χ2v) is 6.46. The third kappa shape index (κ3) is 2.86. The molecule has 1 fully saturated rings. The van der Waals surface area contributed by atoms with Crippen LogP contribution in [0, 0.1) is 6.92 Å². The summed E-state index contributed by atoms with van der Waals surface area (Å²) in [5, 5.41) is 6.28. The number of piperidine rings is 1. The van der Waals surface area contributed by atoms with Crippen molar-refractivity contribution >= 4 is 23.6 Å². The number of rotatable bonds is 4. The number of imide groups is 2. The van der Waals surface area contributed by atoms with Gasteiger partial charge in [0.05, 0.1) is 17.3 Å². The topological polar surface area (TPSA) is 111 Å². The lowest BCUT2D eigenvalue weighted by Crippen LogP contribution is -2.54. The Hall–Kier alpha value is -3.49. The summed E-state index contributed by atoms with van der Waals surface area (Å²) in [6.45, 7) is 1.97. The molecule has 1 aromatic carbocycles. The highest BCUT2D eigenvalue weighted by molar-refractivity contribution is 6.24. The van der Waals surface area contributed by atoms with Crippen LogP contribution in [-0.4, -0.2) is 44.4 Å². The quantitative estimate of drug-likeness (QED) is 0.793. The summed E-state index contributed by atoms with van der Waals surface area (Å²) in [6, 6.07) is 3.72. The minimum atomic E-state index is -1.00. The van der Waals surface area contributed by atoms with Gasteiger partial charge in [-0.15, -0.1) is 0 Å². The zero-order valence-corrected chi connectivity index (χ0v) is 14.5. The van der Waals surface area contributed by atoms with Crippen molar-refractivity contribution in [3.63, 3.8) is 0 Å². The van der Waals surface area contributed by atoms with Crippen LogP contribution < -0.4 is 10.1 Å². The predicted molar refractivity (Wildman–Crippen MR) is 90.7 cm³/mol. The van der Waals surface area contributed by atoms with Gasteiger partial charge in [-0.1, -0.05) is 6.07 Å². The zero-order valence-electron chi connectivity index (χ0n) is 14.5. The van der Waals surface area contributed by atoms with Gasteiger partial charge in [-0.05, 0) is 31.0 Å². The molecule has 4 amide bonds. The van der Waals surface area contributed by atoms with E-state index in [9.17, 15) is 19.2 Å². The van der Waals surface area contributed by atoms with Crippen LogP contribution in [0.5, 0.6) is 5.75 Å². The number of benzene rings is 1. The first-order valence-electron chi connectivity index (χ1n) is 8.42. The number of nitrogens with zero attached hydrogens (tertiary/aromatic N) is 3. The minimum Gasteiger partial charge on any atom is -0.470 e. The van der Waals surface area contributed by atoms with Gasteiger partial charge in [-0.25, -0.2) is 4.68 Å². The Bertz CT molecular complexity index is 980. The summed E-state index contributed by atoms with van der Waals surface area (Å²) in [4.78, 5) is 50.0. The highest BCUT2D eigenvalue weighted by atomic mass is 16.5. The van der Waals surface area contributed by atoms with E-state index in [4.69, 9.17) is 4.74 Å². The van der Waals surface area contributed by atoms with Crippen LogP contribution in [0.1, 0.15) is 39.1 Å². The molecule has 2 aliphatic rings. The number of amides is 4. The smallest absolute Gasteiger partial charge is 0.266 e. The summed E-state index contributed by atoms with van der Waals surface area (Å²) < 4.78 is 7.26. The number of hydrogen-bond donors (Lipinski definition) is 1. The maximum Gasteiger partial charge on any atom is 0.266 e. The van der Waals surface area contributed by atoms with E-state index in [1.807, 2.05) is 6.92 Å². The maximum atomic E-state index is 12.9. The average molecular weight is 368 g/mol. The molecule has 1 unspecified atom stereocenters. The summed E-state index contributed by atoms with van der Waals surface area (Å²) >= 11 is 0. The number of carbonyl (C=O) groups excluding carboxylic acids is 4. The molecule has 1 atom stereocenters. The van der Waals surface area contributed by atoms with Crippen molar-refractivity contribution in [3.05, 3.63) is 47.3 Å². The van der Waals surface area contributed by atoms with Crippen molar-refractivity contribution in [2.75, 3.05) is 0 Å². The van der Waals surface area contributed by atoms with Crippen molar-refractivity contribution < 1.29 is 23.9 Å². The molecule has 2 aliphatic heterocycles. The van der Waals surface area contributed by atoms with Crippen LogP contribution >= 0.6 is 0 Å². The molecule has 0 spiro atoms. The normalized spacial score (nSPS) is 19.3. The van der Waals surface area contributed by atoms with E-state index in [1.54, 1.807) is 29.2 Å². The summed E-state index contributed by atoms with van der Waals surface area (Å²) in [6.07, 6.45) is 3.65. The fourth-order valence-corrected chi connectivity index (χ4v) is 3.28. The number of aryl methyl sites for hydroxylation is 1. The monoisotopic (exact) mass is 368 g/mol. The number of carbonyl (C=O) groups is 4. The molecule has 3 heterocycles. The SMILES string of the molecule is Cc1cnn(COc2cccc3c2C(=O)N(C2CCC(=O)NC2=O)C3=O)c1. The second kappa shape index (κ2) is 6.35. The lowest BCUT2D eigenvalue weighted by molar-refractivity contribution is -0.136. The number of nitrogens with one attached hydrogen (secondary N) is 1. The van der Waals surface area contributed by atoms with Gasteiger partial charge in [0.25, 0.3) is 11.8 Å². The number of ether oxygens (including phenoxy) is 1. The maximum absolute atomic E-state index is 12.9. The molecular weight excluding hydrogens is 352 g/mol. The van der Waals surface area contributed by atoms with Crippen molar-refractivity contribution in [2.24, 2.45) is 0 Å². The Kier molecular flexibility index (Phi) is 3.98. The standard InChI is InChI=1S/C18H16N4O5/c1-10-7-19-21(8-10)9-27-13-4-2-3-11-15(13)18(26)22(17(11)25)12-5-6-14(23)20-16(12)24/h2-4,7-8,12H,5-6,9H2,1H3,(H,20,23,24). The predicted octanol–water partition coefficient (Wildman–Crippen LogP) is 0.629. The van der Waals surface area contributed by atoms with Gasteiger partial charge in [0.15, 0.2) is 6.73 Å². The average Bonchev–Trinajstić information content (AvgIpc) is 3.16. The second-order valence-electron chi connectivity index (χ2n) is 6.46. The molecule has 0 saturated carbocycles. The molecule has 9 heteroatoms. The molecule has 1 saturated heterocycles. The van der Waals surface area contributed by atoms with Gasteiger partial charge in [0.2, 0.25) is 11.8 Å². The van der Waals surface area contributed by atoms with Gasteiger partial charge in [-0.2, -0.15) is 5.10 Å². The molecule has 27 heavy (non-hydrogen) atoms. The Morgan fingerprint density at radius 2 is 2.04 bits per heavy atom. The van der Waals surface area contributed by atoms with Gasteiger partial charge >= 0.3 is 0 Å². The Morgan fingerprint density at radius 3 is 2.74 bits per heavy atom. The fourth-order valence-electron chi connectivity index (χ4n) is 3.28. The van der Waals surface area contributed by atoms with Crippen molar-refractivity contribution in [3.8, 4) is 5.75 Å². The molecule has 2 aromatic rings. The molecular formula is C18H16N4O5. The molecule has 0 bridgehead atoms. The fraction of sp³-hybridized carbons (Fsp3) is 0.278. The van der Waals surface area contributed by atoms with Crippen molar-refractivity contribution in [1.82, 2.24) is 20.0 Å². The number of aromatic nitrogens is 2. The van der Waals surface area contributed by atoms with E-state index in [2.05, 4.69) is 10.4 Å². The lowest BCUT2D eigenvalue weighted by atomic mass is 10.0. The van der Waals surface area contributed by atoms with E-state index >= 15 is 0 Å². The minimum absolute atomic E-state index is 0.0736. The first-order valence-corrected chi connectivity index (χ1v) is 8.42. The van der Waals surface area contributed by atoms with Crippen LogP contribution in [-0.2, 0) is 16.3 Å². The molecule has 1 N–H and O–H groups in total. The molecule has 0 aliphatic carbocycles. The van der Waals surface area contributed by atoms with Crippen molar-refractivity contribution in [1.29, 1.82) is 0 Å². The van der Waals surface area contributed by atoms with Crippen LogP contribution in [0.2, 0.25) is 0 Å². The highest BCUT2D eigenvalue weighted by Crippen LogP contribution is 2.33. The van der Waals surface area contributed by atoms with E-state index in [0.717, 1.165) is 10.5 Å². The first kappa shape index (κ1) is 17.0. The van der Waals surface area contributed by atoms with E-state index < -0.39 is 29.7 Å². The van der Waals surface area contributed by atoms with Gasteiger partial charge < -0.3 is 4.74 Å². The van der Waals surface area contributed by atoms with Crippen molar-refractivity contribution in [2.45, 2.75) is 32.5 Å². The largest absolute Gasteiger partial charge is 0.470 e. The molecule has 9 nitrogen and oxygen atoms in total. The zero-order chi connectivity index (χ0) is 19.1. The lowest BCUT2D eigenvalue weighted by Gasteiger charge is -2.27. The Labute approximate surface area is 153 Å². The molecule has 138 valence electrons. The van der Waals surface area contributed by atoms with E-state index in [1.165, 1.54) is 6.07 Å². The Morgan fingerprint density at radius 1 is 1.22 bits per heavy atom. The van der Waals surface area contributed by atoms with E-state index in [-0.39, 0.29) is 36.4 Å². The van der Waals surface area contributed by atoms with Crippen LogP contribution in [0.3, 0.4) is 0 Å². The summed E-state index contributed by atoms with van der Waals surface area (Å²) in [5.74, 6) is -1.97. The van der Waals surface area contributed by atoms with Gasteiger partial charge in [0, 0.05) is 12.6 Å². The molecule has 1 aromatic heterocycles. The van der Waals surface area contributed by atoms with Crippen LogP contribution in [0.15, 0.2) is 30.6 Å². The third-order valence-electron chi connectivity index (χ3n) is 4.54. The highest BCUT2D eigenvalue weighted by Gasteiger charge is 2.45. The first-order chi connectivity index (χ1) is 13.0. The third-order valence-corrected chi connectivity index (χ3v) is 4.54. The van der Waals surface area contributed by atoms with Crippen LogP contribution in [0.4, 0.5) is 0 Å². The molecule has 4 rings (SSSR count). The summed E-state index contributed by atoms with van der Waals surface area (Å²) in [5.41, 5.74) is 1.27. The number of hydrogen-bond acceptors (Lipinski definition) is 6. The van der Waals surface area contributed by atoms with Gasteiger partial charge in [-0.3, -0.25) is 29.4 Å². The molecule has 0 radical (unpaired) electrons. The van der Waals surface area contributed by atoms with Crippen LogP contribution in [0.25, 0.3) is 0 Å².